The van der Waals surface area contributed by atoms with Gasteiger partial charge in [-0.25, -0.2) is 8.42 Å². The highest BCUT2D eigenvalue weighted by Crippen LogP contribution is 2.29. The fraction of sp³-hybridized carbons (Fsp3) is 0.421. The number of rotatable bonds is 6. The quantitative estimate of drug-likeness (QED) is 0.772. The van der Waals surface area contributed by atoms with Crippen LogP contribution in [0.2, 0.25) is 0 Å². The van der Waals surface area contributed by atoms with Crippen LogP contribution in [-0.4, -0.2) is 31.6 Å². The second-order valence-electron chi connectivity index (χ2n) is 6.52. The van der Waals surface area contributed by atoms with Crippen molar-refractivity contribution in [2.45, 2.75) is 36.8 Å². The summed E-state index contributed by atoms with van der Waals surface area (Å²) in [5.41, 5.74) is 1.14. The van der Waals surface area contributed by atoms with E-state index in [2.05, 4.69) is 0 Å². The molecule has 1 fully saturated rings. The van der Waals surface area contributed by atoms with Crippen LogP contribution in [0.4, 0.5) is 0 Å². The smallest absolute Gasteiger partial charge is 0.252 e. The number of hydrogen-bond acceptors (Lipinski definition) is 4. The summed E-state index contributed by atoms with van der Waals surface area (Å²) in [6, 6.07) is 13.4. The van der Waals surface area contributed by atoms with Crippen LogP contribution in [0.25, 0.3) is 0 Å². The van der Waals surface area contributed by atoms with E-state index in [4.69, 9.17) is 0 Å². The van der Waals surface area contributed by atoms with Crippen molar-refractivity contribution in [2.75, 3.05) is 13.1 Å². The van der Waals surface area contributed by atoms with E-state index in [-0.39, 0.29) is 11.7 Å². The zero-order valence-corrected chi connectivity index (χ0v) is 16.0. The molecular formula is C19H23NO3S2. The Labute approximate surface area is 153 Å². The van der Waals surface area contributed by atoms with Crippen LogP contribution < -0.4 is 0 Å². The molecule has 2 heterocycles. The van der Waals surface area contributed by atoms with Gasteiger partial charge < -0.3 is 0 Å². The third-order valence-corrected chi connectivity index (χ3v) is 7.99. The lowest BCUT2D eigenvalue weighted by atomic mass is 9.91. The second-order valence-corrected chi connectivity index (χ2v) is 9.97. The topological polar surface area (TPSA) is 54.5 Å². The Morgan fingerprint density at radius 3 is 2.64 bits per heavy atom. The molecule has 0 radical (unpaired) electrons. The maximum Gasteiger partial charge on any atom is 0.252 e. The zero-order valence-electron chi connectivity index (χ0n) is 14.3. The molecule has 3 rings (SSSR count). The summed E-state index contributed by atoms with van der Waals surface area (Å²) in [5.74, 6) is -0.0144. The molecule has 0 bridgehead atoms. The van der Waals surface area contributed by atoms with Crippen LogP contribution in [0.1, 0.15) is 29.7 Å². The Morgan fingerprint density at radius 2 is 1.96 bits per heavy atom. The molecule has 0 amide bonds. The Morgan fingerprint density at radius 1 is 1.20 bits per heavy atom. The number of hydrogen-bond donors (Lipinski definition) is 0. The van der Waals surface area contributed by atoms with Crippen molar-refractivity contribution in [1.82, 2.24) is 4.31 Å². The number of ketones is 1. The molecule has 0 spiro atoms. The minimum Gasteiger partial charge on any atom is -0.299 e. The first-order chi connectivity index (χ1) is 12.0. The first-order valence-electron chi connectivity index (χ1n) is 8.60. The van der Waals surface area contributed by atoms with Crippen molar-refractivity contribution in [1.29, 1.82) is 0 Å². The first kappa shape index (κ1) is 18.3. The van der Waals surface area contributed by atoms with Crippen molar-refractivity contribution in [2.24, 2.45) is 5.92 Å². The molecule has 2 aromatic rings. The van der Waals surface area contributed by atoms with Gasteiger partial charge in [0.25, 0.3) is 10.0 Å². The molecule has 1 aromatic carbocycles. The fourth-order valence-electron chi connectivity index (χ4n) is 3.22. The number of benzene rings is 1. The van der Waals surface area contributed by atoms with Gasteiger partial charge >= 0.3 is 0 Å². The van der Waals surface area contributed by atoms with E-state index in [1.54, 1.807) is 6.07 Å². The van der Waals surface area contributed by atoms with Crippen molar-refractivity contribution >= 4 is 27.1 Å². The Bertz CT molecular complexity index is 827. The van der Waals surface area contributed by atoms with E-state index in [1.165, 1.54) is 15.6 Å². The predicted molar refractivity (Wildman–Crippen MR) is 100 cm³/mol. The van der Waals surface area contributed by atoms with E-state index in [9.17, 15) is 13.2 Å². The highest BCUT2D eigenvalue weighted by molar-refractivity contribution is 7.91. The summed E-state index contributed by atoms with van der Waals surface area (Å²) in [6.45, 7) is 2.71. The van der Waals surface area contributed by atoms with E-state index in [1.807, 2.05) is 43.3 Å². The Kier molecular flexibility index (Phi) is 5.71. The fourth-order valence-corrected chi connectivity index (χ4v) is 6.18. The van der Waals surface area contributed by atoms with Gasteiger partial charge in [0, 0.05) is 30.3 Å². The lowest BCUT2D eigenvalue weighted by Gasteiger charge is -2.30. The average Bonchev–Trinajstić information content (AvgIpc) is 3.08. The van der Waals surface area contributed by atoms with Gasteiger partial charge in [-0.2, -0.15) is 4.31 Å². The molecule has 0 N–H and O–H groups in total. The van der Waals surface area contributed by atoms with Crippen LogP contribution in [-0.2, 0) is 21.2 Å². The van der Waals surface area contributed by atoms with Gasteiger partial charge in [-0.1, -0.05) is 30.3 Å². The normalized spacial score (nSPS) is 19.0. The molecule has 1 saturated heterocycles. The van der Waals surface area contributed by atoms with Crippen molar-refractivity contribution < 1.29 is 13.2 Å². The van der Waals surface area contributed by atoms with Crippen molar-refractivity contribution in [3.8, 4) is 0 Å². The number of sulfonamides is 1. The molecule has 0 aliphatic carbocycles. The minimum absolute atomic E-state index is 0.172. The Balaban J connectivity index is 1.63. The molecule has 134 valence electrons. The lowest BCUT2D eigenvalue weighted by molar-refractivity contribution is -0.123. The molecule has 4 nitrogen and oxygen atoms in total. The number of aryl methyl sites for hydroxylation is 2. The number of nitrogens with zero attached hydrogens (tertiary/aromatic N) is 1. The largest absolute Gasteiger partial charge is 0.299 e. The maximum absolute atomic E-state index is 12.8. The SMILES string of the molecule is Cc1ccc(S(=O)(=O)N2CCCC(C(=O)CCc3ccccc3)C2)s1. The predicted octanol–water partition coefficient (Wildman–Crippen LogP) is 3.66. The monoisotopic (exact) mass is 377 g/mol. The molecule has 1 aromatic heterocycles. The van der Waals surface area contributed by atoms with Crippen molar-refractivity contribution in [3.63, 3.8) is 0 Å². The Hall–Kier alpha value is -1.50. The van der Waals surface area contributed by atoms with Gasteiger partial charge in [-0.3, -0.25) is 4.79 Å². The molecule has 1 unspecified atom stereocenters. The third kappa shape index (κ3) is 4.37. The van der Waals surface area contributed by atoms with Crippen LogP contribution in [0.5, 0.6) is 0 Å². The summed E-state index contributed by atoms with van der Waals surface area (Å²) in [6.07, 6.45) is 2.71. The second kappa shape index (κ2) is 7.81. The van der Waals surface area contributed by atoms with Crippen LogP contribution >= 0.6 is 11.3 Å². The number of thiophene rings is 1. The highest BCUT2D eigenvalue weighted by Gasteiger charge is 2.33. The van der Waals surface area contributed by atoms with Gasteiger partial charge in [0.1, 0.15) is 9.99 Å². The van der Waals surface area contributed by atoms with Crippen LogP contribution in [0.15, 0.2) is 46.7 Å². The average molecular weight is 378 g/mol. The van der Waals surface area contributed by atoms with E-state index in [0.29, 0.717) is 30.1 Å². The number of carbonyl (C=O) groups excluding carboxylic acids is 1. The summed E-state index contributed by atoms with van der Waals surface area (Å²) >= 11 is 1.29. The van der Waals surface area contributed by atoms with Crippen LogP contribution in [0, 0.1) is 12.8 Å². The molecule has 1 atom stereocenters. The van der Waals surface area contributed by atoms with E-state index < -0.39 is 10.0 Å². The number of carbonyl (C=O) groups is 1. The zero-order chi connectivity index (χ0) is 17.9. The van der Waals surface area contributed by atoms with Crippen molar-refractivity contribution in [3.05, 3.63) is 52.9 Å². The highest BCUT2D eigenvalue weighted by atomic mass is 32.2. The number of Topliss-reactive ketones (excluding diaryl/α,β-unsaturated/α-hetero) is 1. The molecule has 25 heavy (non-hydrogen) atoms. The van der Waals surface area contributed by atoms with E-state index in [0.717, 1.165) is 23.3 Å². The van der Waals surface area contributed by atoms with Crippen LogP contribution in [0.3, 0.4) is 0 Å². The van der Waals surface area contributed by atoms with Gasteiger partial charge in [-0.05, 0) is 43.9 Å². The molecule has 1 aliphatic heterocycles. The standard InChI is InChI=1S/C19H23NO3S2/c1-15-9-12-19(24-15)25(22,23)20-13-5-8-17(14-20)18(21)11-10-16-6-3-2-4-7-16/h2-4,6-7,9,12,17H,5,8,10-11,13-14H2,1H3. The third-order valence-electron chi connectivity index (χ3n) is 4.65. The minimum atomic E-state index is -3.48. The van der Waals surface area contributed by atoms with Gasteiger partial charge in [0.2, 0.25) is 0 Å². The summed E-state index contributed by atoms with van der Waals surface area (Å²) in [7, 11) is -3.48. The lowest BCUT2D eigenvalue weighted by Crippen LogP contribution is -2.42. The summed E-state index contributed by atoms with van der Waals surface area (Å²) in [4.78, 5) is 13.5. The summed E-state index contributed by atoms with van der Waals surface area (Å²) in [5, 5.41) is 0. The molecule has 1 aliphatic rings. The molecular weight excluding hydrogens is 354 g/mol. The van der Waals surface area contributed by atoms with Gasteiger partial charge in [0.05, 0.1) is 0 Å². The first-order valence-corrected chi connectivity index (χ1v) is 10.9. The molecule has 6 heteroatoms. The van der Waals surface area contributed by atoms with Gasteiger partial charge in [0.15, 0.2) is 0 Å². The number of piperidine rings is 1. The maximum atomic E-state index is 12.8. The van der Waals surface area contributed by atoms with E-state index >= 15 is 0 Å². The summed E-state index contributed by atoms with van der Waals surface area (Å²) < 4.78 is 27.4. The molecule has 0 saturated carbocycles. The van der Waals surface area contributed by atoms with Gasteiger partial charge in [-0.15, -0.1) is 11.3 Å².